The molecule has 1 atom stereocenters. The van der Waals surface area contributed by atoms with Gasteiger partial charge in [0.15, 0.2) is 0 Å². The van der Waals surface area contributed by atoms with Gasteiger partial charge in [-0.3, -0.25) is 0 Å². The zero-order chi connectivity index (χ0) is 11.8. The summed E-state index contributed by atoms with van der Waals surface area (Å²) in [7, 11) is 0. The minimum absolute atomic E-state index is 0.154. The molecule has 88 valence electrons. The van der Waals surface area contributed by atoms with Gasteiger partial charge in [0, 0.05) is 11.7 Å². The Balaban J connectivity index is 2.14. The SMILES string of the molecule is Cc1cc(F)cc(NC2CCCC2(C)C)c1. The molecule has 2 rings (SSSR count). The fourth-order valence-corrected chi connectivity index (χ4v) is 2.62. The second kappa shape index (κ2) is 4.08. The summed E-state index contributed by atoms with van der Waals surface area (Å²) in [6.45, 7) is 6.49. The maximum Gasteiger partial charge on any atom is 0.125 e. The predicted molar refractivity (Wildman–Crippen MR) is 66.2 cm³/mol. The van der Waals surface area contributed by atoms with E-state index in [1.807, 2.05) is 13.0 Å². The molecule has 1 aromatic carbocycles. The Morgan fingerprint density at radius 3 is 2.62 bits per heavy atom. The van der Waals surface area contributed by atoms with Crippen LogP contribution in [0, 0.1) is 18.2 Å². The van der Waals surface area contributed by atoms with Crippen LogP contribution in [0.4, 0.5) is 10.1 Å². The van der Waals surface area contributed by atoms with E-state index in [2.05, 4.69) is 19.2 Å². The lowest BCUT2D eigenvalue weighted by Gasteiger charge is -2.28. The van der Waals surface area contributed by atoms with Gasteiger partial charge in [-0.25, -0.2) is 4.39 Å². The molecule has 0 saturated heterocycles. The molecule has 0 amide bonds. The van der Waals surface area contributed by atoms with Crippen molar-refractivity contribution in [2.45, 2.75) is 46.1 Å². The van der Waals surface area contributed by atoms with E-state index in [1.54, 1.807) is 12.1 Å². The Labute approximate surface area is 97.1 Å². The van der Waals surface area contributed by atoms with Crippen LogP contribution in [0.25, 0.3) is 0 Å². The highest BCUT2D eigenvalue weighted by Gasteiger charge is 2.34. The molecule has 1 aliphatic rings. The van der Waals surface area contributed by atoms with Crippen LogP contribution in [0.5, 0.6) is 0 Å². The summed E-state index contributed by atoms with van der Waals surface area (Å²) in [4.78, 5) is 0. The fourth-order valence-electron chi connectivity index (χ4n) is 2.62. The third kappa shape index (κ3) is 2.37. The summed E-state index contributed by atoms with van der Waals surface area (Å²) in [5, 5.41) is 3.47. The Bertz CT molecular complexity index is 364. The largest absolute Gasteiger partial charge is 0.382 e. The van der Waals surface area contributed by atoms with Gasteiger partial charge >= 0.3 is 0 Å². The predicted octanol–water partition coefficient (Wildman–Crippen LogP) is 4.12. The minimum atomic E-state index is -0.154. The normalized spacial score (nSPS) is 23.4. The topological polar surface area (TPSA) is 12.0 Å². The van der Waals surface area contributed by atoms with Crippen molar-refractivity contribution in [2.75, 3.05) is 5.32 Å². The van der Waals surface area contributed by atoms with E-state index in [9.17, 15) is 4.39 Å². The number of rotatable bonds is 2. The van der Waals surface area contributed by atoms with Gasteiger partial charge in [0.25, 0.3) is 0 Å². The van der Waals surface area contributed by atoms with Crippen molar-refractivity contribution in [3.8, 4) is 0 Å². The van der Waals surface area contributed by atoms with Gasteiger partial charge in [-0.2, -0.15) is 0 Å². The van der Waals surface area contributed by atoms with Crippen LogP contribution in [-0.2, 0) is 0 Å². The Kier molecular flexibility index (Phi) is 2.92. The van der Waals surface area contributed by atoms with Crippen molar-refractivity contribution in [2.24, 2.45) is 5.41 Å². The van der Waals surface area contributed by atoms with E-state index >= 15 is 0 Å². The number of anilines is 1. The number of nitrogens with one attached hydrogen (secondary N) is 1. The standard InChI is InChI=1S/C14H20FN/c1-10-7-11(15)9-12(8-10)16-13-5-4-6-14(13,2)3/h7-9,13,16H,4-6H2,1-3H3. The second-order valence-corrected chi connectivity index (χ2v) is 5.59. The molecule has 0 spiro atoms. The first-order chi connectivity index (χ1) is 7.47. The molecule has 0 aromatic heterocycles. The summed E-state index contributed by atoms with van der Waals surface area (Å²) in [6, 6.07) is 5.62. The highest BCUT2D eigenvalue weighted by molar-refractivity contribution is 5.47. The average Bonchev–Trinajstić information content (AvgIpc) is 2.44. The zero-order valence-corrected chi connectivity index (χ0v) is 10.3. The summed E-state index contributed by atoms with van der Waals surface area (Å²) >= 11 is 0. The van der Waals surface area contributed by atoms with Gasteiger partial charge in [-0.15, -0.1) is 0 Å². The highest BCUT2D eigenvalue weighted by Crippen LogP contribution is 2.39. The van der Waals surface area contributed by atoms with Crippen LogP contribution in [-0.4, -0.2) is 6.04 Å². The van der Waals surface area contributed by atoms with Crippen LogP contribution in [0.15, 0.2) is 18.2 Å². The average molecular weight is 221 g/mol. The van der Waals surface area contributed by atoms with E-state index in [-0.39, 0.29) is 5.82 Å². The smallest absolute Gasteiger partial charge is 0.125 e. The molecule has 0 heterocycles. The van der Waals surface area contributed by atoms with Crippen molar-refractivity contribution in [1.82, 2.24) is 0 Å². The van der Waals surface area contributed by atoms with Crippen molar-refractivity contribution in [3.63, 3.8) is 0 Å². The van der Waals surface area contributed by atoms with Crippen LogP contribution in [0.2, 0.25) is 0 Å². The molecule has 1 unspecified atom stereocenters. The fraction of sp³-hybridized carbons (Fsp3) is 0.571. The van der Waals surface area contributed by atoms with Gasteiger partial charge in [-0.1, -0.05) is 20.3 Å². The number of halogens is 1. The molecule has 2 heteroatoms. The van der Waals surface area contributed by atoms with Crippen molar-refractivity contribution in [3.05, 3.63) is 29.6 Å². The van der Waals surface area contributed by atoms with Crippen LogP contribution in [0.3, 0.4) is 0 Å². The first kappa shape index (κ1) is 11.4. The third-order valence-electron chi connectivity index (χ3n) is 3.64. The molecular formula is C14H20FN. The molecule has 1 nitrogen and oxygen atoms in total. The van der Waals surface area contributed by atoms with Crippen LogP contribution >= 0.6 is 0 Å². The number of hydrogen-bond donors (Lipinski definition) is 1. The summed E-state index contributed by atoms with van der Waals surface area (Å²) < 4.78 is 13.3. The van der Waals surface area contributed by atoms with E-state index in [4.69, 9.17) is 0 Å². The molecule has 0 radical (unpaired) electrons. The van der Waals surface area contributed by atoms with Crippen molar-refractivity contribution < 1.29 is 4.39 Å². The summed E-state index contributed by atoms with van der Waals surface area (Å²) in [6.07, 6.45) is 3.69. The molecule has 1 fully saturated rings. The molecule has 1 aliphatic carbocycles. The lowest BCUT2D eigenvalue weighted by atomic mass is 9.87. The molecule has 0 bridgehead atoms. The molecule has 1 saturated carbocycles. The van der Waals surface area contributed by atoms with Gasteiger partial charge < -0.3 is 5.32 Å². The van der Waals surface area contributed by atoms with Gasteiger partial charge in [0.05, 0.1) is 0 Å². The number of hydrogen-bond acceptors (Lipinski definition) is 1. The van der Waals surface area contributed by atoms with Crippen molar-refractivity contribution in [1.29, 1.82) is 0 Å². The molecule has 1 aromatic rings. The van der Waals surface area contributed by atoms with E-state index < -0.39 is 0 Å². The lowest BCUT2D eigenvalue weighted by molar-refractivity contribution is 0.350. The third-order valence-corrected chi connectivity index (χ3v) is 3.64. The van der Waals surface area contributed by atoms with E-state index in [1.165, 1.54) is 19.3 Å². The van der Waals surface area contributed by atoms with Gasteiger partial charge in [-0.05, 0) is 48.9 Å². The van der Waals surface area contributed by atoms with E-state index in [0.29, 0.717) is 11.5 Å². The van der Waals surface area contributed by atoms with Crippen LogP contribution < -0.4 is 5.32 Å². The summed E-state index contributed by atoms with van der Waals surface area (Å²) in [5.74, 6) is -0.154. The van der Waals surface area contributed by atoms with E-state index in [0.717, 1.165) is 11.3 Å². The second-order valence-electron chi connectivity index (χ2n) is 5.59. The molecule has 0 aliphatic heterocycles. The maximum absolute atomic E-state index is 13.3. The monoisotopic (exact) mass is 221 g/mol. The minimum Gasteiger partial charge on any atom is -0.382 e. The molecule has 16 heavy (non-hydrogen) atoms. The molecular weight excluding hydrogens is 201 g/mol. The number of aryl methyl sites for hydroxylation is 1. The Hall–Kier alpha value is -1.05. The van der Waals surface area contributed by atoms with Gasteiger partial charge in [0.2, 0.25) is 0 Å². The maximum atomic E-state index is 13.3. The molecule has 1 N–H and O–H groups in total. The Morgan fingerprint density at radius 2 is 2.06 bits per heavy atom. The summed E-state index contributed by atoms with van der Waals surface area (Å²) in [5.41, 5.74) is 2.20. The zero-order valence-electron chi connectivity index (χ0n) is 10.3. The lowest BCUT2D eigenvalue weighted by Crippen LogP contribution is -2.30. The highest BCUT2D eigenvalue weighted by atomic mass is 19.1. The van der Waals surface area contributed by atoms with Gasteiger partial charge in [0.1, 0.15) is 5.82 Å². The first-order valence-electron chi connectivity index (χ1n) is 6.01. The number of benzene rings is 1. The first-order valence-corrected chi connectivity index (χ1v) is 6.01. The van der Waals surface area contributed by atoms with Crippen molar-refractivity contribution >= 4 is 5.69 Å². The van der Waals surface area contributed by atoms with Crippen LogP contribution in [0.1, 0.15) is 38.7 Å². The Morgan fingerprint density at radius 1 is 1.31 bits per heavy atom. The quantitative estimate of drug-likeness (QED) is 0.792.